The quantitative estimate of drug-likeness (QED) is 0.669. The lowest BCUT2D eigenvalue weighted by Crippen LogP contribution is -2.33. The summed E-state index contributed by atoms with van der Waals surface area (Å²) < 4.78 is 0.767. The summed E-state index contributed by atoms with van der Waals surface area (Å²) in [6.45, 7) is 5.93. The van der Waals surface area contributed by atoms with Gasteiger partial charge in [-0.1, -0.05) is 38.3 Å². The van der Waals surface area contributed by atoms with Gasteiger partial charge in [0.15, 0.2) is 0 Å². The predicted octanol–water partition coefficient (Wildman–Crippen LogP) is 5.14. The Bertz CT molecular complexity index is 415. The van der Waals surface area contributed by atoms with Crippen molar-refractivity contribution in [3.63, 3.8) is 0 Å². The number of benzene rings is 1. The van der Waals surface area contributed by atoms with E-state index < -0.39 is 0 Å². The third-order valence-corrected chi connectivity index (χ3v) is 3.90. The van der Waals surface area contributed by atoms with Gasteiger partial charge in [0.05, 0.1) is 5.56 Å². The van der Waals surface area contributed by atoms with Crippen molar-refractivity contribution in [1.29, 1.82) is 0 Å². The summed E-state index contributed by atoms with van der Waals surface area (Å²) in [5, 5.41) is 0.636. The number of carbonyl (C=O) groups excluding carboxylic acids is 1. The normalized spacial score (nSPS) is 10.5. The largest absolute Gasteiger partial charge is 0.339 e. The van der Waals surface area contributed by atoms with E-state index in [9.17, 15) is 4.79 Å². The van der Waals surface area contributed by atoms with Gasteiger partial charge in [-0.25, -0.2) is 0 Å². The van der Waals surface area contributed by atoms with Crippen molar-refractivity contribution in [3.05, 3.63) is 33.3 Å². The number of hydrogen-bond acceptors (Lipinski definition) is 1. The molecule has 19 heavy (non-hydrogen) atoms. The molecule has 0 saturated carbocycles. The fraction of sp³-hybridized carbons (Fsp3) is 0.533. The highest BCUT2D eigenvalue weighted by Crippen LogP contribution is 2.23. The topological polar surface area (TPSA) is 20.3 Å². The summed E-state index contributed by atoms with van der Waals surface area (Å²) in [4.78, 5) is 14.5. The molecule has 106 valence electrons. The van der Waals surface area contributed by atoms with E-state index in [-0.39, 0.29) is 5.91 Å². The first-order valence-corrected chi connectivity index (χ1v) is 8.01. The van der Waals surface area contributed by atoms with E-state index in [4.69, 9.17) is 11.6 Å². The molecule has 0 fully saturated rings. The second kappa shape index (κ2) is 8.60. The zero-order valence-corrected chi connectivity index (χ0v) is 13.9. The number of unbranched alkanes of at least 4 members (excludes halogenated alkanes) is 2. The third kappa shape index (κ3) is 5.15. The van der Waals surface area contributed by atoms with Crippen molar-refractivity contribution in [2.24, 2.45) is 0 Å². The van der Waals surface area contributed by atoms with Gasteiger partial charge in [0.1, 0.15) is 0 Å². The summed E-state index contributed by atoms with van der Waals surface area (Å²) in [6, 6.07) is 5.32. The Morgan fingerprint density at radius 3 is 2.26 bits per heavy atom. The summed E-state index contributed by atoms with van der Waals surface area (Å²) >= 11 is 9.33. The van der Waals surface area contributed by atoms with Crippen LogP contribution in [0.3, 0.4) is 0 Å². The molecule has 0 aliphatic heterocycles. The monoisotopic (exact) mass is 345 g/mol. The predicted molar refractivity (Wildman–Crippen MR) is 84.9 cm³/mol. The van der Waals surface area contributed by atoms with Gasteiger partial charge in [-0.2, -0.15) is 0 Å². The van der Waals surface area contributed by atoms with Gasteiger partial charge in [0, 0.05) is 22.6 Å². The van der Waals surface area contributed by atoms with E-state index in [2.05, 4.69) is 29.8 Å². The van der Waals surface area contributed by atoms with Crippen LogP contribution >= 0.6 is 27.5 Å². The van der Waals surface area contributed by atoms with Gasteiger partial charge in [-0.15, -0.1) is 0 Å². The summed E-state index contributed by atoms with van der Waals surface area (Å²) in [6.07, 6.45) is 4.27. The van der Waals surface area contributed by atoms with Crippen LogP contribution in [0.4, 0.5) is 0 Å². The maximum absolute atomic E-state index is 12.5. The van der Waals surface area contributed by atoms with Crippen LogP contribution < -0.4 is 0 Å². The SMILES string of the molecule is CCCCN(CCCC)C(=O)c1ccc(Cl)cc1Br. The van der Waals surface area contributed by atoms with Gasteiger partial charge in [0.25, 0.3) is 5.91 Å². The van der Waals surface area contributed by atoms with Crippen LogP contribution in [0.15, 0.2) is 22.7 Å². The zero-order valence-electron chi connectivity index (χ0n) is 11.6. The van der Waals surface area contributed by atoms with Gasteiger partial charge in [-0.05, 0) is 47.0 Å². The van der Waals surface area contributed by atoms with Gasteiger partial charge >= 0.3 is 0 Å². The average Bonchev–Trinajstić information content (AvgIpc) is 2.38. The Labute approximate surface area is 129 Å². The maximum atomic E-state index is 12.5. The number of rotatable bonds is 7. The first-order chi connectivity index (χ1) is 9.10. The molecule has 2 nitrogen and oxygen atoms in total. The highest BCUT2D eigenvalue weighted by molar-refractivity contribution is 9.10. The van der Waals surface area contributed by atoms with Crippen LogP contribution in [0.1, 0.15) is 49.9 Å². The highest BCUT2D eigenvalue weighted by Gasteiger charge is 2.17. The van der Waals surface area contributed by atoms with E-state index in [0.29, 0.717) is 10.6 Å². The second-order valence-corrected chi connectivity index (χ2v) is 5.91. The third-order valence-electron chi connectivity index (χ3n) is 3.01. The highest BCUT2D eigenvalue weighted by atomic mass is 79.9. The van der Waals surface area contributed by atoms with E-state index in [1.165, 1.54) is 0 Å². The lowest BCUT2D eigenvalue weighted by Gasteiger charge is -2.23. The van der Waals surface area contributed by atoms with Crippen LogP contribution in [0.25, 0.3) is 0 Å². The fourth-order valence-electron chi connectivity index (χ4n) is 1.85. The molecule has 0 spiro atoms. The molecule has 0 atom stereocenters. The average molecular weight is 347 g/mol. The van der Waals surface area contributed by atoms with Crippen LogP contribution in [0.5, 0.6) is 0 Å². The lowest BCUT2D eigenvalue weighted by molar-refractivity contribution is 0.0750. The van der Waals surface area contributed by atoms with Crippen LogP contribution in [-0.2, 0) is 0 Å². The van der Waals surface area contributed by atoms with Gasteiger partial charge < -0.3 is 4.90 Å². The van der Waals surface area contributed by atoms with Crippen LogP contribution in [0, 0.1) is 0 Å². The number of carbonyl (C=O) groups is 1. The first kappa shape index (κ1) is 16.5. The van der Waals surface area contributed by atoms with E-state index in [1.807, 2.05) is 4.90 Å². The molecule has 4 heteroatoms. The Morgan fingerprint density at radius 1 is 1.21 bits per heavy atom. The smallest absolute Gasteiger partial charge is 0.254 e. The minimum atomic E-state index is 0.0884. The fourth-order valence-corrected chi connectivity index (χ4v) is 2.70. The molecule has 0 unspecified atom stereocenters. The molecule has 1 aromatic rings. The minimum absolute atomic E-state index is 0.0884. The standard InChI is InChI=1S/C15H21BrClNO/c1-3-5-9-18(10-6-4-2)15(19)13-8-7-12(17)11-14(13)16/h7-8,11H,3-6,9-10H2,1-2H3. The van der Waals surface area contributed by atoms with Crippen molar-refractivity contribution in [2.75, 3.05) is 13.1 Å². The van der Waals surface area contributed by atoms with Crippen molar-refractivity contribution in [1.82, 2.24) is 4.90 Å². The second-order valence-electron chi connectivity index (χ2n) is 4.62. The molecule has 0 aliphatic rings. The van der Waals surface area contributed by atoms with Gasteiger partial charge in [0.2, 0.25) is 0 Å². The molecule has 1 aromatic carbocycles. The summed E-state index contributed by atoms with van der Waals surface area (Å²) in [5.74, 6) is 0.0884. The van der Waals surface area contributed by atoms with Crippen molar-refractivity contribution < 1.29 is 4.79 Å². The first-order valence-electron chi connectivity index (χ1n) is 6.84. The molecule has 0 saturated heterocycles. The molecular formula is C15H21BrClNO. The number of hydrogen-bond donors (Lipinski definition) is 0. The number of amides is 1. The van der Waals surface area contributed by atoms with Crippen molar-refractivity contribution >= 4 is 33.4 Å². The summed E-state index contributed by atoms with van der Waals surface area (Å²) in [7, 11) is 0. The Kier molecular flexibility index (Phi) is 7.47. The zero-order chi connectivity index (χ0) is 14.3. The number of halogens is 2. The molecule has 1 amide bonds. The molecule has 0 bridgehead atoms. The van der Waals surface area contributed by atoms with Crippen molar-refractivity contribution in [3.8, 4) is 0 Å². The molecule has 0 radical (unpaired) electrons. The van der Waals surface area contributed by atoms with E-state index in [0.717, 1.165) is 43.2 Å². The molecule has 0 aromatic heterocycles. The maximum Gasteiger partial charge on any atom is 0.254 e. The van der Waals surface area contributed by atoms with Crippen molar-refractivity contribution in [2.45, 2.75) is 39.5 Å². The Hall–Kier alpha value is -0.540. The van der Waals surface area contributed by atoms with E-state index >= 15 is 0 Å². The van der Waals surface area contributed by atoms with E-state index in [1.54, 1.807) is 18.2 Å². The van der Waals surface area contributed by atoms with Gasteiger partial charge in [-0.3, -0.25) is 4.79 Å². The summed E-state index contributed by atoms with van der Waals surface area (Å²) in [5.41, 5.74) is 0.691. The molecule has 0 aliphatic carbocycles. The molecule has 0 heterocycles. The van der Waals surface area contributed by atoms with Crippen LogP contribution in [-0.4, -0.2) is 23.9 Å². The molecule has 0 N–H and O–H groups in total. The minimum Gasteiger partial charge on any atom is -0.339 e. The Morgan fingerprint density at radius 2 is 1.79 bits per heavy atom. The Balaban J connectivity index is 2.84. The molecule has 1 rings (SSSR count). The lowest BCUT2D eigenvalue weighted by atomic mass is 10.1. The molecular weight excluding hydrogens is 326 g/mol. The van der Waals surface area contributed by atoms with Crippen LogP contribution in [0.2, 0.25) is 5.02 Å². The number of nitrogens with zero attached hydrogens (tertiary/aromatic N) is 1.